The molecule has 0 amide bonds. The van der Waals surface area contributed by atoms with Gasteiger partial charge in [0.2, 0.25) is 0 Å². The van der Waals surface area contributed by atoms with E-state index in [0.717, 1.165) is 36.4 Å². The third kappa shape index (κ3) is 40.7. The Bertz CT molecular complexity index is 296. The monoisotopic (exact) mass is 1070 g/mol. The maximum absolute atomic E-state index is 5.67. The molecule has 0 heterocycles. The Morgan fingerprint density at radius 3 is 0.676 bits per heavy atom. The van der Waals surface area contributed by atoms with Crippen LogP contribution in [-0.4, -0.2) is 68.8 Å². The van der Waals surface area contributed by atoms with Gasteiger partial charge in [0.05, 0.1) is 0 Å². The first-order chi connectivity index (χ1) is 13.5. The van der Waals surface area contributed by atoms with Gasteiger partial charge in [-0.05, 0) is 65.9 Å². The van der Waals surface area contributed by atoms with Crippen LogP contribution in [0.3, 0.4) is 0 Å². The number of hydrogen-bond acceptors (Lipinski definition) is 8. The predicted octanol–water partition coefficient (Wildman–Crippen LogP) is 4.69. The van der Waals surface area contributed by atoms with Crippen LogP contribution in [0.2, 0.25) is 12.1 Å². The predicted molar refractivity (Wildman–Crippen MR) is 179 cm³/mol. The van der Waals surface area contributed by atoms with Crippen LogP contribution in [0, 0.1) is 0 Å². The van der Waals surface area contributed by atoms with Crippen LogP contribution in [0.4, 0.5) is 0 Å². The molecule has 6 nitrogen and oxygen atoms in total. The van der Waals surface area contributed by atoms with E-state index in [1.54, 1.807) is 0 Å². The van der Waals surface area contributed by atoms with Crippen LogP contribution in [0.25, 0.3) is 0 Å². The van der Waals surface area contributed by atoms with E-state index in [0.29, 0.717) is 39.6 Å². The molecular formula is C18H44O6Re2S9Si2. The third-order valence-electron chi connectivity index (χ3n) is 3.47. The molecule has 0 aromatic carbocycles. The third-order valence-corrected chi connectivity index (χ3v) is 10.4. The summed E-state index contributed by atoms with van der Waals surface area (Å²) in [5.41, 5.74) is 0. The van der Waals surface area contributed by atoms with Crippen LogP contribution in [0.15, 0.2) is 0 Å². The summed E-state index contributed by atoms with van der Waals surface area (Å²) in [7, 11) is -4.73. The average molecular weight is 1070 g/mol. The molecule has 0 fully saturated rings. The minimum absolute atomic E-state index is 0. The summed E-state index contributed by atoms with van der Waals surface area (Å²) in [6.45, 7) is 15.7. The van der Waals surface area contributed by atoms with E-state index in [4.69, 9.17) is 26.6 Å². The van der Waals surface area contributed by atoms with Gasteiger partial charge in [0, 0.05) is 51.7 Å². The Morgan fingerprint density at radius 2 is 0.568 bits per heavy atom. The molecule has 0 aromatic heterocycles. The van der Waals surface area contributed by atoms with E-state index < -0.39 is 17.6 Å². The molecule has 0 rings (SSSR count). The van der Waals surface area contributed by atoms with E-state index in [2.05, 4.69) is 25.3 Å². The van der Waals surface area contributed by atoms with E-state index in [1.807, 2.05) is 41.5 Å². The second-order valence-corrected chi connectivity index (χ2v) is 12.0. The number of hydrogen-bond donors (Lipinski definition) is 2. The van der Waals surface area contributed by atoms with Crippen molar-refractivity contribution in [2.24, 2.45) is 0 Å². The van der Waals surface area contributed by atoms with Crippen LogP contribution < -0.4 is 0 Å². The van der Waals surface area contributed by atoms with Crippen LogP contribution in [-0.2, 0) is 162 Å². The van der Waals surface area contributed by atoms with Crippen molar-refractivity contribution in [3.8, 4) is 0 Å². The van der Waals surface area contributed by atoms with Gasteiger partial charge in [-0.3, -0.25) is 0 Å². The zero-order chi connectivity index (χ0) is 21.7. The molecule has 0 bridgehead atoms. The van der Waals surface area contributed by atoms with Gasteiger partial charge in [0.1, 0.15) is 0 Å². The molecule has 37 heavy (non-hydrogen) atoms. The quantitative estimate of drug-likeness (QED) is 0.154. The van der Waals surface area contributed by atoms with Gasteiger partial charge in [0.25, 0.3) is 0 Å². The van der Waals surface area contributed by atoms with E-state index in [-0.39, 0.29) is 135 Å². The Morgan fingerprint density at radius 1 is 0.405 bits per heavy atom. The molecule has 228 valence electrons. The zero-order valence-corrected chi connectivity index (χ0v) is 37.4. The van der Waals surface area contributed by atoms with Crippen molar-refractivity contribution in [1.82, 2.24) is 0 Å². The van der Waals surface area contributed by atoms with Crippen molar-refractivity contribution >= 4 is 137 Å². The first-order valence-corrected chi connectivity index (χ1v) is 15.7. The molecule has 0 saturated heterocycles. The minimum atomic E-state index is -2.37. The summed E-state index contributed by atoms with van der Waals surface area (Å²) in [6.07, 6.45) is 1.96. The van der Waals surface area contributed by atoms with Gasteiger partial charge < -0.3 is 121 Å². The van der Waals surface area contributed by atoms with Gasteiger partial charge in [-0.15, -0.1) is 0 Å². The molecule has 0 aliphatic heterocycles. The van der Waals surface area contributed by atoms with Crippen molar-refractivity contribution in [2.45, 2.75) is 66.5 Å². The molecule has 0 aromatic rings. The van der Waals surface area contributed by atoms with Crippen LogP contribution >= 0.6 is 25.3 Å². The molecule has 0 radical (unpaired) electrons. The molecule has 0 N–H and O–H groups in total. The van der Waals surface area contributed by atoms with Crippen molar-refractivity contribution in [3.63, 3.8) is 0 Å². The zero-order valence-electron chi connectivity index (χ0n) is 22.4. The summed E-state index contributed by atoms with van der Waals surface area (Å²) in [6, 6.07) is 1.73. The van der Waals surface area contributed by atoms with Crippen molar-refractivity contribution in [3.05, 3.63) is 0 Å². The van der Waals surface area contributed by atoms with Crippen LogP contribution in [0.1, 0.15) is 54.4 Å². The van der Waals surface area contributed by atoms with Crippen molar-refractivity contribution in [1.29, 1.82) is 0 Å². The van der Waals surface area contributed by atoms with Gasteiger partial charge in [0.15, 0.2) is 0 Å². The first-order valence-electron chi connectivity index (χ1n) is 10.5. The van der Waals surface area contributed by atoms with E-state index in [1.165, 1.54) is 0 Å². The number of rotatable bonds is 18. The van der Waals surface area contributed by atoms with E-state index >= 15 is 0 Å². The second-order valence-electron chi connectivity index (χ2n) is 5.62. The maximum atomic E-state index is 5.67. The fourth-order valence-corrected chi connectivity index (χ4v) is 8.73. The number of thiol groups is 2. The summed E-state index contributed by atoms with van der Waals surface area (Å²) in [5, 5.41) is 0. The second kappa shape index (κ2) is 53.2. The summed E-state index contributed by atoms with van der Waals surface area (Å²) >= 11 is 8.38. The topological polar surface area (TPSA) is 55.4 Å². The fourth-order valence-electron chi connectivity index (χ4n) is 2.59. The minimum Gasteiger partial charge on any atom is -2.00 e. The maximum Gasteiger partial charge on any atom is 7.00 e. The van der Waals surface area contributed by atoms with Crippen molar-refractivity contribution < 1.29 is 67.4 Å². The van der Waals surface area contributed by atoms with Gasteiger partial charge >= 0.3 is 58.5 Å². The largest absolute Gasteiger partial charge is 7.00 e. The van der Waals surface area contributed by atoms with Gasteiger partial charge in [-0.2, -0.15) is 25.3 Å². The van der Waals surface area contributed by atoms with Crippen LogP contribution in [0.5, 0.6) is 0 Å². The Kier molecular flexibility index (Phi) is 105. The Balaban J connectivity index is -0.0000000327. The normalized spacial score (nSPS) is 9.08. The SMILES string of the molecule is CCO[Si](CCCS)(OCC)OCC.CCO[Si](CCCS)(OCC)OCC.[Re+7].[Re+7].[S-2].[S-2].[S-2].[S-2].[S-2].[S-2].[S-2]. The van der Waals surface area contributed by atoms with Crippen molar-refractivity contribution in [2.75, 3.05) is 51.1 Å². The Hall–Kier alpha value is 4.67. The Labute approximate surface area is 318 Å². The molecule has 19 heteroatoms. The summed E-state index contributed by atoms with van der Waals surface area (Å²) in [4.78, 5) is 0. The average Bonchev–Trinajstić information content (AvgIpc) is 2.67. The smallest absolute Gasteiger partial charge is 2.00 e. The van der Waals surface area contributed by atoms with Gasteiger partial charge in [-0.25, -0.2) is 0 Å². The molecule has 0 aliphatic rings. The summed E-state index contributed by atoms with van der Waals surface area (Å²) in [5.74, 6) is 1.70. The molecule has 0 aliphatic carbocycles. The molecule has 0 saturated carbocycles. The van der Waals surface area contributed by atoms with Gasteiger partial charge in [-0.1, -0.05) is 0 Å². The standard InChI is InChI=1S/2C9H22O3SSi.2Re.7S/c2*1-4-10-14(11-5-2,12-6-3)9-7-8-13;;;;;;;;;/h2*13H,4-9H2,1-3H3;;;;;;;;;/q;;2*+7;7*-2. The molecule has 0 unspecified atom stereocenters. The molecule has 0 atom stereocenters. The fraction of sp³-hybridized carbons (Fsp3) is 1.00. The molecular weight excluding hydrogens is 1030 g/mol. The first kappa shape index (κ1) is 73.3. The molecule has 0 spiro atoms. The van der Waals surface area contributed by atoms with E-state index in [9.17, 15) is 0 Å². The summed E-state index contributed by atoms with van der Waals surface area (Å²) < 4.78 is 34.0.